The molecule has 0 radical (unpaired) electrons. The molecule has 1 N–H and O–H groups in total. The van der Waals surface area contributed by atoms with Gasteiger partial charge in [-0.2, -0.15) is 0 Å². The first-order chi connectivity index (χ1) is 15.5. The van der Waals surface area contributed by atoms with E-state index in [2.05, 4.69) is 19.2 Å². The zero-order valence-corrected chi connectivity index (χ0v) is 17.8. The number of fused-ring (bicyclic) bond motifs is 1. The van der Waals surface area contributed by atoms with E-state index in [9.17, 15) is 9.59 Å². The Bertz CT molecular complexity index is 1290. The molecule has 1 heterocycles. The van der Waals surface area contributed by atoms with Crippen molar-refractivity contribution < 1.29 is 18.7 Å². The van der Waals surface area contributed by atoms with E-state index in [1.54, 1.807) is 30.3 Å². The van der Waals surface area contributed by atoms with E-state index in [0.29, 0.717) is 22.5 Å². The molecule has 0 saturated carbocycles. The van der Waals surface area contributed by atoms with Gasteiger partial charge < -0.3 is 19.2 Å². The predicted molar refractivity (Wildman–Crippen MR) is 124 cm³/mol. The molecule has 32 heavy (non-hydrogen) atoms. The van der Waals surface area contributed by atoms with E-state index in [1.165, 1.54) is 6.26 Å². The Balaban J connectivity index is 1.45. The number of hydrogen-bond donors (Lipinski definition) is 1. The third-order valence-electron chi connectivity index (χ3n) is 4.91. The van der Waals surface area contributed by atoms with Gasteiger partial charge in [0.25, 0.3) is 5.91 Å². The molecule has 0 unspecified atom stereocenters. The summed E-state index contributed by atoms with van der Waals surface area (Å²) in [4.78, 5) is 25.1. The maximum atomic E-state index is 12.7. The first-order valence-corrected chi connectivity index (χ1v) is 10.3. The lowest BCUT2D eigenvalue weighted by atomic mass is 10.0. The molecule has 162 valence electrons. The number of rotatable bonds is 7. The molecule has 1 amide bonds. The summed E-state index contributed by atoms with van der Waals surface area (Å²) >= 11 is 0. The van der Waals surface area contributed by atoms with Crippen LogP contribution < -0.4 is 20.2 Å². The first-order valence-electron chi connectivity index (χ1n) is 10.3. The quantitative estimate of drug-likeness (QED) is 0.406. The zero-order chi connectivity index (χ0) is 22.5. The molecule has 0 saturated heterocycles. The van der Waals surface area contributed by atoms with Crippen molar-refractivity contribution in [2.45, 2.75) is 19.8 Å². The lowest BCUT2D eigenvalue weighted by Crippen LogP contribution is -2.21. The Hall–Kier alpha value is -4.06. The second-order valence-corrected chi connectivity index (χ2v) is 7.58. The number of anilines is 1. The van der Waals surface area contributed by atoms with Crippen LogP contribution in [-0.4, -0.2) is 12.5 Å². The highest BCUT2D eigenvalue weighted by Gasteiger charge is 2.12. The maximum Gasteiger partial charge on any atom is 0.262 e. The molecule has 6 heteroatoms. The second-order valence-electron chi connectivity index (χ2n) is 7.58. The molecule has 0 aliphatic heterocycles. The maximum absolute atomic E-state index is 12.7. The SMILES string of the molecule is CC(C)c1ccccc1NC(=O)COc1ccc2c(=O)c(Oc3ccccc3)coc2c1. The minimum Gasteiger partial charge on any atom is -0.484 e. The van der Waals surface area contributed by atoms with E-state index in [1.807, 2.05) is 42.5 Å². The van der Waals surface area contributed by atoms with Gasteiger partial charge in [-0.25, -0.2) is 0 Å². The predicted octanol–water partition coefficient (Wildman–Crippen LogP) is 5.73. The van der Waals surface area contributed by atoms with Crippen LogP contribution in [0.3, 0.4) is 0 Å². The highest BCUT2D eigenvalue weighted by Crippen LogP contribution is 2.25. The molecule has 0 atom stereocenters. The molecule has 6 nitrogen and oxygen atoms in total. The van der Waals surface area contributed by atoms with E-state index in [4.69, 9.17) is 13.9 Å². The highest BCUT2D eigenvalue weighted by molar-refractivity contribution is 5.92. The Morgan fingerprint density at radius 1 is 0.969 bits per heavy atom. The summed E-state index contributed by atoms with van der Waals surface area (Å²) in [6.45, 7) is 3.97. The van der Waals surface area contributed by atoms with Crippen LogP contribution in [0.2, 0.25) is 0 Å². The van der Waals surface area contributed by atoms with Crippen molar-refractivity contribution in [2.24, 2.45) is 0 Å². The van der Waals surface area contributed by atoms with Gasteiger partial charge in [-0.1, -0.05) is 50.2 Å². The number of nitrogens with one attached hydrogen (secondary N) is 1. The summed E-state index contributed by atoms with van der Waals surface area (Å²) in [5.41, 5.74) is 1.89. The van der Waals surface area contributed by atoms with Crippen LogP contribution in [0.5, 0.6) is 17.2 Å². The summed E-state index contributed by atoms with van der Waals surface area (Å²) < 4.78 is 16.8. The van der Waals surface area contributed by atoms with Crippen molar-refractivity contribution in [3.63, 3.8) is 0 Å². The van der Waals surface area contributed by atoms with Crippen LogP contribution in [0.15, 0.2) is 88.3 Å². The Morgan fingerprint density at radius 3 is 2.50 bits per heavy atom. The number of carbonyl (C=O) groups is 1. The molecule has 0 aliphatic carbocycles. The Labute approximate surface area is 185 Å². The van der Waals surface area contributed by atoms with Crippen LogP contribution in [0.25, 0.3) is 11.0 Å². The Morgan fingerprint density at radius 2 is 1.72 bits per heavy atom. The smallest absolute Gasteiger partial charge is 0.262 e. The van der Waals surface area contributed by atoms with Gasteiger partial charge in [0.1, 0.15) is 23.3 Å². The summed E-state index contributed by atoms with van der Waals surface area (Å²) in [5, 5.41) is 3.25. The Kier molecular flexibility index (Phi) is 6.22. The van der Waals surface area contributed by atoms with Crippen molar-refractivity contribution >= 4 is 22.6 Å². The van der Waals surface area contributed by atoms with E-state index >= 15 is 0 Å². The third-order valence-corrected chi connectivity index (χ3v) is 4.91. The monoisotopic (exact) mass is 429 g/mol. The van der Waals surface area contributed by atoms with Gasteiger partial charge in [0.2, 0.25) is 11.2 Å². The summed E-state index contributed by atoms with van der Waals surface area (Å²) in [7, 11) is 0. The minimum atomic E-state index is -0.287. The van der Waals surface area contributed by atoms with Crippen LogP contribution >= 0.6 is 0 Å². The molecule has 4 aromatic rings. The number of carbonyl (C=O) groups excluding carboxylic acids is 1. The molecule has 0 aliphatic rings. The third kappa shape index (κ3) is 4.81. The zero-order valence-electron chi connectivity index (χ0n) is 17.8. The standard InChI is InChI=1S/C26H23NO5/c1-17(2)20-10-6-7-11-22(20)27-25(28)16-30-19-12-13-21-23(14-19)31-15-24(26(21)29)32-18-8-4-3-5-9-18/h3-15,17H,16H2,1-2H3,(H,27,28). The second kappa shape index (κ2) is 9.39. The van der Waals surface area contributed by atoms with Crippen molar-refractivity contribution in [3.8, 4) is 17.2 Å². The summed E-state index contributed by atoms with van der Waals surface area (Å²) in [6, 6.07) is 21.5. The lowest BCUT2D eigenvalue weighted by Gasteiger charge is -2.14. The fourth-order valence-electron chi connectivity index (χ4n) is 3.32. The van der Waals surface area contributed by atoms with Crippen LogP contribution in [0.4, 0.5) is 5.69 Å². The van der Waals surface area contributed by atoms with Gasteiger partial charge in [0, 0.05) is 11.8 Å². The number of benzene rings is 3. The molecule has 3 aromatic carbocycles. The molecule has 0 fully saturated rings. The van der Waals surface area contributed by atoms with Gasteiger partial charge in [-0.05, 0) is 41.8 Å². The average molecular weight is 429 g/mol. The van der Waals surface area contributed by atoms with E-state index < -0.39 is 0 Å². The van der Waals surface area contributed by atoms with Crippen molar-refractivity contribution in [1.29, 1.82) is 0 Å². The highest BCUT2D eigenvalue weighted by atomic mass is 16.5. The van der Waals surface area contributed by atoms with Gasteiger partial charge in [0.15, 0.2) is 6.61 Å². The summed E-state index contributed by atoms with van der Waals surface area (Å²) in [6.07, 6.45) is 1.27. The van der Waals surface area contributed by atoms with Gasteiger partial charge >= 0.3 is 0 Å². The lowest BCUT2D eigenvalue weighted by molar-refractivity contribution is -0.118. The molecule has 4 rings (SSSR count). The van der Waals surface area contributed by atoms with Crippen molar-refractivity contribution in [2.75, 3.05) is 11.9 Å². The van der Waals surface area contributed by atoms with Crippen LogP contribution in [0, 0.1) is 0 Å². The minimum absolute atomic E-state index is 0.0977. The van der Waals surface area contributed by atoms with Gasteiger partial charge in [-0.3, -0.25) is 9.59 Å². The number of hydrogen-bond acceptors (Lipinski definition) is 5. The number of amides is 1. The molecule has 0 spiro atoms. The van der Waals surface area contributed by atoms with Gasteiger partial charge in [0.05, 0.1) is 5.39 Å². The average Bonchev–Trinajstić information content (AvgIpc) is 2.80. The molecule has 0 bridgehead atoms. The molecule has 1 aromatic heterocycles. The van der Waals surface area contributed by atoms with Crippen LogP contribution in [-0.2, 0) is 4.79 Å². The van der Waals surface area contributed by atoms with Crippen molar-refractivity contribution in [1.82, 2.24) is 0 Å². The van der Waals surface area contributed by atoms with Crippen molar-refractivity contribution in [3.05, 3.63) is 94.8 Å². The molecular weight excluding hydrogens is 406 g/mol. The fraction of sp³-hybridized carbons (Fsp3) is 0.154. The first kappa shape index (κ1) is 21.2. The number of ether oxygens (including phenoxy) is 2. The fourth-order valence-corrected chi connectivity index (χ4v) is 3.32. The molecular formula is C26H23NO5. The topological polar surface area (TPSA) is 77.8 Å². The van der Waals surface area contributed by atoms with Crippen LogP contribution in [0.1, 0.15) is 25.3 Å². The largest absolute Gasteiger partial charge is 0.484 e. The van der Waals surface area contributed by atoms with Gasteiger partial charge in [-0.15, -0.1) is 0 Å². The summed E-state index contributed by atoms with van der Waals surface area (Å²) in [5.74, 6) is 1.08. The number of para-hydroxylation sites is 2. The normalized spacial score (nSPS) is 10.8. The van der Waals surface area contributed by atoms with E-state index in [0.717, 1.165) is 11.3 Å². The van der Waals surface area contributed by atoms with E-state index in [-0.39, 0.29) is 29.6 Å².